The van der Waals surface area contributed by atoms with Crippen LogP contribution in [0, 0.1) is 17.2 Å². The van der Waals surface area contributed by atoms with Gasteiger partial charge in [0.2, 0.25) is 5.60 Å². The van der Waals surface area contributed by atoms with Crippen LogP contribution in [0.4, 0.5) is 13.2 Å². The Bertz CT molecular complexity index is 784. The Labute approximate surface area is 161 Å². The number of carbonyl (C=O) groups excluding carboxylic acids is 2. The molecule has 0 radical (unpaired) electrons. The van der Waals surface area contributed by atoms with Crippen molar-refractivity contribution in [3.8, 4) is 6.07 Å². The maximum Gasteiger partial charge on any atom is 0.426 e. The van der Waals surface area contributed by atoms with Crippen LogP contribution in [0.3, 0.4) is 0 Å². The topological polar surface area (TPSA) is 84.6 Å². The highest BCUT2D eigenvalue weighted by atomic mass is 19.4. The summed E-state index contributed by atoms with van der Waals surface area (Å²) in [4.78, 5) is 27.3. The first-order valence-electron chi connectivity index (χ1n) is 8.76. The van der Waals surface area contributed by atoms with Crippen molar-refractivity contribution in [2.75, 3.05) is 20.1 Å². The van der Waals surface area contributed by atoms with Crippen molar-refractivity contribution >= 4 is 11.8 Å². The van der Waals surface area contributed by atoms with Crippen LogP contribution in [-0.2, 0) is 4.79 Å². The number of aliphatic hydroxyl groups is 1. The highest BCUT2D eigenvalue weighted by molar-refractivity contribution is 5.94. The molecule has 1 fully saturated rings. The number of benzene rings is 1. The number of nitriles is 1. The molecule has 0 aliphatic carbocycles. The number of carbonyl (C=O) groups is 2. The fourth-order valence-corrected chi connectivity index (χ4v) is 3.36. The fourth-order valence-electron chi connectivity index (χ4n) is 3.36. The Morgan fingerprint density at radius 2 is 1.86 bits per heavy atom. The Morgan fingerprint density at radius 1 is 1.29 bits per heavy atom. The Hall–Kier alpha value is -2.60. The third-order valence-corrected chi connectivity index (χ3v) is 5.19. The van der Waals surface area contributed by atoms with Gasteiger partial charge < -0.3 is 14.9 Å². The van der Waals surface area contributed by atoms with Gasteiger partial charge in [-0.2, -0.15) is 18.4 Å². The van der Waals surface area contributed by atoms with Crippen molar-refractivity contribution in [3.63, 3.8) is 0 Å². The average Bonchev–Trinajstić information content (AvgIpc) is 2.65. The van der Waals surface area contributed by atoms with Crippen LogP contribution in [-0.4, -0.2) is 64.7 Å². The van der Waals surface area contributed by atoms with Gasteiger partial charge in [0.1, 0.15) is 0 Å². The lowest BCUT2D eigenvalue weighted by molar-refractivity contribution is -0.251. The number of likely N-dealkylation sites (tertiary alicyclic amines) is 1. The maximum atomic E-state index is 12.9. The van der Waals surface area contributed by atoms with E-state index in [1.165, 1.54) is 17.0 Å². The van der Waals surface area contributed by atoms with Gasteiger partial charge in [-0.15, -0.1) is 0 Å². The zero-order valence-electron chi connectivity index (χ0n) is 15.8. The highest BCUT2D eigenvalue weighted by Crippen LogP contribution is 2.33. The quantitative estimate of drug-likeness (QED) is 0.847. The average molecular weight is 397 g/mol. The minimum atomic E-state index is -5.06. The molecule has 152 valence electrons. The molecule has 1 aliphatic heterocycles. The number of halogens is 3. The standard InChI is InChI=1S/C19H22F3N3O3/c1-12-11-25(17(27)18(2,28)19(20,21)22)9-8-15(12)24(3)16(26)14-6-4-13(10-23)5-7-14/h4-7,12,15,28H,8-9,11H2,1-3H3. The molecule has 1 saturated heterocycles. The summed E-state index contributed by atoms with van der Waals surface area (Å²) in [6.45, 7) is 2.20. The van der Waals surface area contributed by atoms with E-state index in [2.05, 4.69) is 0 Å². The van der Waals surface area contributed by atoms with E-state index in [1.807, 2.05) is 6.07 Å². The van der Waals surface area contributed by atoms with E-state index in [1.54, 1.807) is 26.1 Å². The lowest BCUT2D eigenvalue weighted by Crippen LogP contribution is -2.60. The lowest BCUT2D eigenvalue weighted by Gasteiger charge is -2.43. The molecule has 1 N–H and O–H groups in total. The number of nitrogens with zero attached hydrogens (tertiary/aromatic N) is 3. The number of hydrogen-bond donors (Lipinski definition) is 1. The molecule has 1 aromatic rings. The highest BCUT2D eigenvalue weighted by Gasteiger charge is 2.57. The molecular weight excluding hydrogens is 375 g/mol. The van der Waals surface area contributed by atoms with Gasteiger partial charge in [0.05, 0.1) is 11.6 Å². The molecule has 0 bridgehead atoms. The van der Waals surface area contributed by atoms with Crippen LogP contribution < -0.4 is 0 Å². The van der Waals surface area contributed by atoms with Gasteiger partial charge in [0.25, 0.3) is 11.8 Å². The number of piperidine rings is 1. The molecule has 0 saturated carbocycles. The van der Waals surface area contributed by atoms with E-state index < -0.39 is 17.7 Å². The van der Waals surface area contributed by atoms with Crippen LogP contribution in [0.2, 0.25) is 0 Å². The molecule has 1 aromatic carbocycles. The number of hydrogen-bond acceptors (Lipinski definition) is 4. The third kappa shape index (κ3) is 4.12. The Balaban J connectivity index is 2.07. The van der Waals surface area contributed by atoms with Crippen LogP contribution in [0.1, 0.15) is 36.2 Å². The third-order valence-electron chi connectivity index (χ3n) is 5.19. The monoisotopic (exact) mass is 397 g/mol. The zero-order chi connectivity index (χ0) is 21.3. The van der Waals surface area contributed by atoms with Gasteiger partial charge in [-0.3, -0.25) is 9.59 Å². The van der Waals surface area contributed by atoms with Crippen molar-refractivity contribution in [1.82, 2.24) is 9.80 Å². The summed E-state index contributed by atoms with van der Waals surface area (Å²) in [5, 5.41) is 18.4. The summed E-state index contributed by atoms with van der Waals surface area (Å²) in [6.07, 6.45) is -4.77. The molecule has 6 nitrogen and oxygen atoms in total. The van der Waals surface area contributed by atoms with Crippen molar-refractivity contribution in [2.45, 2.75) is 38.1 Å². The molecule has 3 atom stereocenters. The molecule has 9 heteroatoms. The van der Waals surface area contributed by atoms with Crippen LogP contribution >= 0.6 is 0 Å². The zero-order valence-corrected chi connectivity index (χ0v) is 15.8. The second kappa shape index (κ2) is 7.80. The predicted octanol–water partition coefficient (Wildman–Crippen LogP) is 2.18. The first-order valence-corrected chi connectivity index (χ1v) is 8.76. The largest absolute Gasteiger partial charge is 0.426 e. The Kier molecular flexibility index (Phi) is 6.04. The van der Waals surface area contributed by atoms with Gasteiger partial charge in [-0.05, 0) is 43.5 Å². The van der Waals surface area contributed by atoms with Crippen molar-refractivity contribution < 1.29 is 27.9 Å². The molecule has 0 aromatic heterocycles. The first-order chi connectivity index (χ1) is 12.9. The summed E-state index contributed by atoms with van der Waals surface area (Å²) in [7, 11) is 1.60. The summed E-state index contributed by atoms with van der Waals surface area (Å²) in [5.41, 5.74) is -2.62. The van der Waals surface area contributed by atoms with Crippen molar-refractivity contribution in [3.05, 3.63) is 35.4 Å². The van der Waals surface area contributed by atoms with Gasteiger partial charge in [-0.25, -0.2) is 0 Å². The van der Waals surface area contributed by atoms with Crippen LogP contribution in [0.25, 0.3) is 0 Å². The SMILES string of the molecule is CC1CN(C(=O)C(C)(O)C(F)(F)F)CCC1N(C)C(=O)c1ccc(C#N)cc1. The second-order valence-electron chi connectivity index (χ2n) is 7.26. The first kappa shape index (κ1) is 21.7. The van der Waals surface area contributed by atoms with Gasteiger partial charge >= 0.3 is 6.18 Å². The Morgan fingerprint density at radius 3 is 2.32 bits per heavy atom. The predicted molar refractivity (Wildman–Crippen MR) is 94.1 cm³/mol. The van der Waals surface area contributed by atoms with Crippen molar-refractivity contribution in [1.29, 1.82) is 5.26 Å². The van der Waals surface area contributed by atoms with E-state index in [0.29, 0.717) is 24.5 Å². The second-order valence-corrected chi connectivity index (χ2v) is 7.26. The molecule has 2 amide bonds. The van der Waals surface area contributed by atoms with E-state index in [-0.39, 0.29) is 31.0 Å². The van der Waals surface area contributed by atoms with Gasteiger partial charge in [-0.1, -0.05) is 6.92 Å². The summed E-state index contributed by atoms with van der Waals surface area (Å²) in [5.74, 6) is -1.94. The minimum absolute atomic E-state index is 0.000715. The molecule has 3 unspecified atom stereocenters. The molecule has 1 heterocycles. The smallest absolute Gasteiger partial charge is 0.373 e. The summed E-state index contributed by atoms with van der Waals surface area (Å²) in [6, 6.07) is 7.84. The normalized spacial score (nSPS) is 22.1. The molecule has 0 spiro atoms. The maximum absolute atomic E-state index is 12.9. The number of rotatable bonds is 3. The molecular formula is C19H22F3N3O3. The van der Waals surface area contributed by atoms with E-state index in [4.69, 9.17) is 5.26 Å². The molecule has 1 aliphatic rings. The number of alkyl halides is 3. The van der Waals surface area contributed by atoms with E-state index in [0.717, 1.165) is 4.90 Å². The van der Waals surface area contributed by atoms with Gasteiger partial charge in [0, 0.05) is 31.7 Å². The van der Waals surface area contributed by atoms with E-state index >= 15 is 0 Å². The minimum Gasteiger partial charge on any atom is -0.373 e. The fraction of sp³-hybridized carbons (Fsp3) is 0.526. The number of amides is 2. The summed E-state index contributed by atoms with van der Waals surface area (Å²) < 4.78 is 38.8. The molecule has 2 rings (SSSR count). The van der Waals surface area contributed by atoms with Crippen LogP contribution in [0.15, 0.2) is 24.3 Å². The molecule has 28 heavy (non-hydrogen) atoms. The van der Waals surface area contributed by atoms with E-state index in [9.17, 15) is 27.9 Å². The lowest BCUT2D eigenvalue weighted by atomic mass is 9.90. The summed E-state index contributed by atoms with van der Waals surface area (Å²) >= 11 is 0. The van der Waals surface area contributed by atoms with Crippen LogP contribution in [0.5, 0.6) is 0 Å². The van der Waals surface area contributed by atoms with Crippen molar-refractivity contribution in [2.24, 2.45) is 5.92 Å². The van der Waals surface area contributed by atoms with Gasteiger partial charge in [0.15, 0.2) is 0 Å².